The lowest BCUT2D eigenvalue weighted by molar-refractivity contribution is 0.0360. The van der Waals surface area contributed by atoms with E-state index in [4.69, 9.17) is 4.74 Å². The summed E-state index contributed by atoms with van der Waals surface area (Å²) in [5, 5.41) is 2.80. The van der Waals surface area contributed by atoms with Crippen LogP contribution >= 0.6 is 0 Å². The summed E-state index contributed by atoms with van der Waals surface area (Å²) in [6, 6.07) is 6.21. The Morgan fingerprint density at radius 1 is 1.33 bits per heavy atom. The highest BCUT2D eigenvalue weighted by atomic mass is 16.6. The lowest BCUT2D eigenvalue weighted by Gasteiger charge is -2.23. The molecule has 0 bridgehead atoms. The van der Waals surface area contributed by atoms with Crippen LogP contribution in [0.5, 0.6) is 0 Å². The molecule has 1 aromatic rings. The highest BCUT2D eigenvalue weighted by molar-refractivity contribution is 5.67. The molecule has 100 valence electrons. The second kappa shape index (κ2) is 5.89. The van der Waals surface area contributed by atoms with E-state index in [1.54, 1.807) is 0 Å². The van der Waals surface area contributed by atoms with Crippen LogP contribution < -0.4 is 5.32 Å². The van der Waals surface area contributed by atoms with Gasteiger partial charge in [0.25, 0.3) is 0 Å². The number of aryl methyl sites for hydroxylation is 2. The minimum atomic E-state index is -0.411. The van der Waals surface area contributed by atoms with Gasteiger partial charge in [-0.25, -0.2) is 4.79 Å². The van der Waals surface area contributed by atoms with Crippen LogP contribution in [-0.2, 0) is 11.3 Å². The Kier molecular flexibility index (Phi) is 4.76. The smallest absolute Gasteiger partial charge is 0.407 e. The van der Waals surface area contributed by atoms with Crippen molar-refractivity contribution in [3.63, 3.8) is 0 Å². The van der Waals surface area contributed by atoms with Crippen molar-refractivity contribution in [2.24, 2.45) is 0 Å². The van der Waals surface area contributed by atoms with Crippen molar-refractivity contribution in [2.75, 3.05) is 0 Å². The highest BCUT2D eigenvalue weighted by Gasteiger charge is 2.20. The second-order valence-corrected chi connectivity index (χ2v) is 5.29. The van der Waals surface area contributed by atoms with E-state index in [1.165, 1.54) is 11.1 Å². The van der Waals surface area contributed by atoms with Crippen LogP contribution in [0.1, 0.15) is 43.9 Å². The van der Waals surface area contributed by atoms with Crippen LogP contribution in [0.4, 0.5) is 4.79 Å². The van der Waals surface area contributed by atoms with Gasteiger partial charge in [0.1, 0.15) is 5.60 Å². The molecule has 0 heterocycles. The third-order valence-electron chi connectivity index (χ3n) is 3.15. The number of hydrogen-bond acceptors (Lipinski definition) is 2. The quantitative estimate of drug-likeness (QED) is 0.883. The molecule has 0 saturated carbocycles. The number of nitrogens with one attached hydrogen (secondary N) is 1. The molecule has 18 heavy (non-hydrogen) atoms. The maximum absolute atomic E-state index is 11.7. The summed E-state index contributed by atoms with van der Waals surface area (Å²) in [5.41, 5.74) is 3.09. The Labute approximate surface area is 110 Å². The van der Waals surface area contributed by atoms with E-state index in [0.717, 1.165) is 12.0 Å². The molecule has 0 atom stereocenters. The predicted octanol–water partition coefficient (Wildman–Crippen LogP) is 3.72. The summed E-state index contributed by atoms with van der Waals surface area (Å²) in [6.07, 6.45) is 0.437. The molecule has 3 nitrogen and oxygen atoms in total. The van der Waals surface area contributed by atoms with E-state index >= 15 is 0 Å². The number of ether oxygens (including phenoxy) is 1. The van der Waals surface area contributed by atoms with Gasteiger partial charge in [0, 0.05) is 6.54 Å². The van der Waals surface area contributed by atoms with Gasteiger partial charge < -0.3 is 10.1 Å². The maximum Gasteiger partial charge on any atom is 0.407 e. The molecule has 1 rings (SSSR count). The van der Waals surface area contributed by atoms with Gasteiger partial charge in [-0.15, -0.1) is 0 Å². The van der Waals surface area contributed by atoms with E-state index in [-0.39, 0.29) is 6.09 Å². The van der Waals surface area contributed by atoms with Gasteiger partial charge in [-0.2, -0.15) is 0 Å². The lowest BCUT2D eigenvalue weighted by Crippen LogP contribution is -2.34. The van der Waals surface area contributed by atoms with Crippen molar-refractivity contribution >= 4 is 6.09 Å². The SMILES string of the molecule is CCC(C)(C)OC(=O)NCc1cc(C)ccc1C. The first-order valence-electron chi connectivity index (χ1n) is 6.37. The normalized spacial score (nSPS) is 11.2. The molecule has 0 aliphatic rings. The molecule has 0 spiro atoms. The van der Waals surface area contributed by atoms with E-state index in [0.29, 0.717) is 6.54 Å². The molecule has 0 aromatic heterocycles. The average molecular weight is 249 g/mol. The summed E-state index contributed by atoms with van der Waals surface area (Å²) in [6.45, 7) is 10.4. The molecule has 3 heteroatoms. The minimum absolute atomic E-state index is 0.359. The standard InChI is InChI=1S/C15H23NO2/c1-6-15(4,5)18-14(17)16-10-13-9-11(2)7-8-12(13)3/h7-9H,6,10H2,1-5H3,(H,16,17). The maximum atomic E-state index is 11.7. The summed E-state index contributed by atoms with van der Waals surface area (Å²) in [4.78, 5) is 11.7. The number of amides is 1. The molecule has 0 fully saturated rings. The van der Waals surface area contributed by atoms with E-state index in [1.807, 2.05) is 34.6 Å². The van der Waals surface area contributed by atoms with Crippen LogP contribution in [0.15, 0.2) is 18.2 Å². The number of hydrogen-bond donors (Lipinski definition) is 1. The molecule has 0 radical (unpaired) electrons. The van der Waals surface area contributed by atoms with Gasteiger partial charge in [-0.05, 0) is 45.2 Å². The molecule has 1 amide bonds. The van der Waals surface area contributed by atoms with Crippen molar-refractivity contribution in [1.82, 2.24) is 5.32 Å². The van der Waals surface area contributed by atoms with Crippen LogP contribution in [0.2, 0.25) is 0 Å². The van der Waals surface area contributed by atoms with E-state index < -0.39 is 5.60 Å². The fraction of sp³-hybridized carbons (Fsp3) is 0.533. The first-order chi connectivity index (χ1) is 8.34. The summed E-state index contributed by atoms with van der Waals surface area (Å²) in [5.74, 6) is 0. The monoisotopic (exact) mass is 249 g/mol. The van der Waals surface area contributed by atoms with Crippen LogP contribution in [0.25, 0.3) is 0 Å². The van der Waals surface area contributed by atoms with E-state index in [9.17, 15) is 4.79 Å². The Hall–Kier alpha value is -1.51. The second-order valence-electron chi connectivity index (χ2n) is 5.29. The van der Waals surface area contributed by atoms with Gasteiger partial charge in [0.15, 0.2) is 0 Å². The lowest BCUT2D eigenvalue weighted by atomic mass is 10.1. The van der Waals surface area contributed by atoms with Crippen molar-refractivity contribution in [2.45, 2.75) is 53.2 Å². The first-order valence-corrected chi connectivity index (χ1v) is 6.37. The fourth-order valence-corrected chi connectivity index (χ4v) is 1.52. The minimum Gasteiger partial charge on any atom is -0.444 e. The van der Waals surface area contributed by atoms with Gasteiger partial charge >= 0.3 is 6.09 Å². The third-order valence-corrected chi connectivity index (χ3v) is 3.15. The Balaban J connectivity index is 2.55. The zero-order valence-corrected chi connectivity index (χ0v) is 12.0. The molecule has 0 unspecified atom stereocenters. The number of rotatable bonds is 4. The third kappa shape index (κ3) is 4.40. The summed E-state index contributed by atoms with van der Waals surface area (Å²) < 4.78 is 5.33. The Bertz CT molecular complexity index is 425. The van der Waals surface area contributed by atoms with Crippen molar-refractivity contribution < 1.29 is 9.53 Å². The zero-order valence-electron chi connectivity index (χ0n) is 12.0. The number of carbonyl (C=O) groups is 1. The number of benzene rings is 1. The first kappa shape index (κ1) is 14.6. The molecule has 1 N–H and O–H groups in total. The van der Waals surface area contributed by atoms with Crippen molar-refractivity contribution in [3.05, 3.63) is 34.9 Å². The number of carbonyl (C=O) groups excluding carboxylic acids is 1. The molecular weight excluding hydrogens is 226 g/mol. The fourth-order valence-electron chi connectivity index (χ4n) is 1.52. The molecule has 0 aliphatic heterocycles. The average Bonchev–Trinajstić information content (AvgIpc) is 2.30. The van der Waals surface area contributed by atoms with E-state index in [2.05, 4.69) is 23.5 Å². The van der Waals surface area contributed by atoms with Crippen LogP contribution in [0, 0.1) is 13.8 Å². The molecule has 0 saturated heterocycles. The molecule has 0 aliphatic carbocycles. The van der Waals surface area contributed by atoms with Crippen LogP contribution in [-0.4, -0.2) is 11.7 Å². The predicted molar refractivity (Wildman–Crippen MR) is 73.6 cm³/mol. The summed E-state index contributed by atoms with van der Waals surface area (Å²) >= 11 is 0. The van der Waals surface area contributed by atoms with Gasteiger partial charge in [-0.1, -0.05) is 30.7 Å². The largest absolute Gasteiger partial charge is 0.444 e. The Morgan fingerprint density at radius 3 is 2.61 bits per heavy atom. The topological polar surface area (TPSA) is 38.3 Å². The molecule has 1 aromatic carbocycles. The Morgan fingerprint density at radius 2 is 2.00 bits per heavy atom. The van der Waals surface area contributed by atoms with Crippen LogP contribution in [0.3, 0.4) is 0 Å². The van der Waals surface area contributed by atoms with Crippen molar-refractivity contribution in [3.8, 4) is 0 Å². The molecular formula is C15H23NO2. The zero-order chi connectivity index (χ0) is 13.8. The van der Waals surface area contributed by atoms with Gasteiger partial charge in [0.2, 0.25) is 0 Å². The number of alkyl carbamates (subject to hydrolysis) is 1. The van der Waals surface area contributed by atoms with Gasteiger partial charge in [-0.3, -0.25) is 0 Å². The summed E-state index contributed by atoms with van der Waals surface area (Å²) in [7, 11) is 0. The van der Waals surface area contributed by atoms with Crippen molar-refractivity contribution in [1.29, 1.82) is 0 Å². The van der Waals surface area contributed by atoms with Gasteiger partial charge in [0.05, 0.1) is 0 Å². The highest BCUT2D eigenvalue weighted by Crippen LogP contribution is 2.14.